The highest BCUT2D eigenvalue weighted by Gasteiger charge is 2.23. The number of nitrogens with zero attached hydrogens (tertiary/aromatic N) is 1. The van der Waals surface area contributed by atoms with E-state index in [0.717, 1.165) is 0 Å². The molecule has 9 heteroatoms. The molecule has 15 heavy (non-hydrogen) atoms. The van der Waals surface area contributed by atoms with Crippen molar-refractivity contribution in [3.8, 4) is 0 Å². The molecular weight excluding hydrogens is 322 g/mol. The van der Waals surface area contributed by atoms with Gasteiger partial charge in [0, 0.05) is 10.7 Å². The van der Waals surface area contributed by atoms with Crippen LogP contribution in [0.4, 0.5) is 13.2 Å². The summed E-state index contributed by atoms with van der Waals surface area (Å²) in [6.07, 6.45) is -2.96. The Morgan fingerprint density at radius 1 is 1.47 bits per heavy atom. The predicted octanol–water partition coefficient (Wildman–Crippen LogP) is 2.85. The Morgan fingerprint density at radius 2 is 2.00 bits per heavy atom. The highest BCUT2D eigenvalue weighted by molar-refractivity contribution is 9.10. The first-order chi connectivity index (χ1) is 6.73. The molecule has 0 aliphatic carbocycles. The Hall–Kier alpha value is -0.340. The van der Waals surface area contributed by atoms with Gasteiger partial charge in [-0.15, -0.1) is 0 Å². The topological polar surface area (TPSA) is 47.0 Å². The van der Waals surface area contributed by atoms with Gasteiger partial charge in [-0.05, 0) is 22.0 Å². The van der Waals surface area contributed by atoms with Crippen LogP contribution in [0, 0.1) is 5.82 Å². The molecule has 0 atom stereocenters. The first-order valence-electron chi connectivity index (χ1n) is 3.32. The predicted molar refractivity (Wildman–Crippen MR) is 49.9 cm³/mol. The van der Waals surface area contributed by atoms with Gasteiger partial charge in [0.25, 0.3) is 15.5 Å². The number of rotatable bonds is 2. The zero-order chi connectivity index (χ0) is 11.8. The molecule has 1 rings (SSSR count). The van der Waals surface area contributed by atoms with Gasteiger partial charge in [0.05, 0.1) is 5.56 Å². The summed E-state index contributed by atoms with van der Waals surface area (Å²) in [6, 6.07) is 0.372. The van der Waals surface area contributed by atoms with Crippen molar-refractivity contribution in [3.05, 3.63) is 22.1 Å². The van der Waals surface area contributed by atoms with Crippen molar-refractivity contribution >= 4 is 35.7 Å². The van der Waals surface area contributed by atoms with E-state index in [9.17, 15) is 21.6 Å². The molecule has 0 aliphatic heterocycles. The Balaban J connectivity index is 3.46. The molecule has 0 saturated carbocycles. The minimum atomic E-state index is -4.39. The third-order valence-electron chi connectivity index (χ3n) is 1.39. The fourth-order valence-electron chi connectivity index (χ4n) is 0.789. The third-order valence-corrected chi connectivity index (χ3v) is 3.21. The summed E-state index contributed by atoms with van der Waals surface area (Å²) in [5, 5.41) is -1.08. The minimum Gasteiger partial charge on any atom is -0.225 e. The summed E-state index contributed by atoms with van der Waals surface area (Å²) in [4.78, 5) is 3.11. The van der Waals surface area contributed by atoms with Crippen molar-refractivity contribution < 1.29 is 21.6 Å². The molecule has 0 radical (unpaired) electrons. The summed E-state index contributed by atoms with van der Waals surface area (Å²) in [5.74, 6) is -1.41. The molecule has 0 saturated heterocycles. The fourth-order valence-corrected chi connectivity index (χ4v) is 2.19. The van der Waals surface area contributed by atoms with Crippen LogP contribution < -0.4 is 0 Å². The van der Waals surface area contributed by atoms with Gasteiger partial charge in [-0.3, -0.25) is 0 Å². The largest absolute Gasteiger partial charge is 0.281 e. The van der Waals surface area contributed by atoms with E-state index in [4.69, 9.17) is 10.7 Å². The number of hydrogen-bond acceptors (Lipinski definition) is 3. The van der Waals surface area contributed by atoms with Gasteiger partial charge in [-0.2, -0.15) is 0 Å². The summed E-state index contributed by atoms with van der Waals surface area (Å²) in [5.41, 5.74) is -0.739. The molecule has 1 aromatic heterocycles. The standard InChI is InChI=1S/C6H2BrClF3NO2S/c7-4-2(5(10)11)1-3(9)6(12-4)15(8,13)14/h1,5H. The number of pyridine rings is 1. The molecule has 3 nitrogen and oxygen atoms in total. The molecule has 0 aliphatic rings. The van der Waals surface area contributed by atoms with E-state index < -0.39 is 36.5 Å². The van der Waals surface area contributed by atoms with Crippen LogP contribution in [-0.4, -0.2) is 13.4 Å². The quantitative estimate of drug-likeness (QED) is 0.621. The third kappa shape index (κ3) is 2.82. The van der Waals surface area contributed by atoms with Crippen LogP contribution >= 0.6 is 26.6 Å². The van der Waals surface area contributed by atoms with E-state index in [1.54, 1.807) is 0 Å². The lowest BCUT2D eigenvalue weighted by Gasteiger charge is -2.04. The molecule has 84 valence electrons. The highest BCUT2D eigenvalue weighted by Crippen LogP contribution is 2.29. The first-order valence-corrected chi connectivity index (χ1v) is 6.42. The second-order valence-corrected chi connectivity index (χ2v) is 5.63. The van der Waals surface area contributed by atoms with Crippen LogP contribution in [0.15, 0.2) is 15.7 Å². The SMILES string of the molecule is O=S(=O)(Cl)c1nc(Br)c(C(F)F)cc1F. The van der Waals surface area contributed by atoms with Crippen molar-refractivity contribution in [2.75, 3.05) is 0 Å². The van der Waals surface area contributed by atoms with Gasteiger partial charge < -0.3 is 0 Å². The minimum absolute atomic E-state index is 0.372. The average molecular weight is 325 g/mol. The van der Waals surface area contributed by atoms with E-state index in [1.807, 2.05) is 0 Å². The van der Waals surface area contributed by atoms with Crippen molar-refractivity contribution in [2.45, 2.75) is 11.5 Å². The molecule has 0 fully saturated rings. The molecule has 0 unspecified atom stereocenters. The number of aromatic nitrogens is 1. The molecule has 1 aromatic rings. The zero-order valence-corrected chi connectivity index (χ0v) is 9.87. The lowest BCUT2D eigenvalue weighted by molar-refractivity contribution is 0.149. The summed E-state index contributed by atoms with van der Waals surface area (Å²) >= 11 is 2.59. The smallest absolute Gasteiger partial charge is 0.225 e. The molecule has 0 spiro atoms. The van der Waals surface area contributed by atoms with Gasteiger partial charge in [-0.1, -0.05) is 0 Å². The summed E-state index contributed by atoms with van der Waals surface area (Å²) in [6.45, 7) is 0. The Labute approximate surface area is 95.8 Å². The van der Waals surface area contributed by atoms with Crippen LogP contribution in [0.2, 0.25) is 0 Å². The number of halogens is 5. The van der Waals surface area contributed by atoms with Crippen LogP contribution in [0.25, 0.3) is 0 Å². The second kappa shape index (κ2) is 4.26. The maximum absolute atomic E-state index is 13.0. The van der Waals surface area contributed by atoms with Gasteiger partial charge >= 0.3 is 0 Å². The van der Waals surface area contributed by atoms with Gasteiger partial charge in [0.1, 0.15) is 4.60 Å². The maximum atomic E-state index is 13.0. The maximum Gasteiger partial charge on any atom is 0.281 e. The second-order valence-electron chi connectivity index (χ2n) is 2.39. The molecule has 1 heterocycles. The van der Waals surface area contributed by atoms with Gasteiger partial charge in [-0.25, -0.2) is 26.6 Å². The van der Waals surface area contributed by atoms with E-state index >= 15 is 0 Å². The molecule has 0 bridgehead atoms. The highest BCUT2D eigenvalue weighted by atomic mass is 79.9. The Bertz CT molecular complexity index is 493. The van der Waals surface area contributed by atoms with Crippen molar-refractivity contribution in [3.63, 3.8) is 0 Å². The van der Waals surface area contributed by atoms with E-state index in [0.29, 0.717) is 6.07 Å². The van der Waals surface area contributed by atoms with Crippen LogP contribution in [0.1, 0.15) is 12.0 Å². The van der Waals surface area contributed by atoms with Crippen LogP contribution in [0.3, 0.4) is 0 Å². The fraction of sp³-hybridized carbons (Fsp3) is 0.167. The van der Waals surface area contributed by atoms with E-state index in [-0.39, 0.29) is 0 Å². The van der Waals surface area contributed by atoms with E-state index in [2.05, 4.69) is 20.9 Å². The van der Waals surface area contributed by atoms with Crippen LogP contribution in [0.5, 0.6) is 0 Å². The Morgan fingerprint density at radius 3 is 2.40 bits per heavy atom. The van der Waals surface area contributed by atoms with Crippen molar-refractivity contribution in [2.24, 2.45) is 0 Å². The monoisotopic (exact) mass is 323 g/mol. The van der Waals surface area contributed by atoms with E-state index in [1.165, 1.54) is 0 Å². The summed E-state index contributed by atoms with van der Waals surface area (Å²) < 4.78 is 58.5. The summed E-state index contributed by atoms with van der Waals surface area (Å²) in [7, 11) is 0.442. The first kappa shape index (κ1) is 12.7. The zero-order valence-electron chi connectivity index (χ0n) is 6.72. The van der Waals surface area contributed by atoms with Gasteiger partial charge in [0.15, 0.2) is 5.82 Å². The molecular formula is C6H2BrClF3NO2S. The number of hydrogen-bond donors (Lipinski definition) is 0. The normalized spacial score (nSPS) is 12.1. The van der Waals surface area contributed by atoms with Crippen LogP contribution in [-0.2, 0) is 9.05 Å². The molecule has 0 aromatic carbocycles. The Kier molecular flexibility index (Phi) is 3.62. The lowest BCUT2D eigenvalue weighted by Crippen LogP contribution is -2.03. The van der Waals surface area contributed by atoms with Gasteiger partial charge in [0.2, 0.25) is 5.03 Å². The molecule has 0 N–H and O–H groups in total. The molecule has 0 amide bonds. The number of alkyl halides is 2. The average Bonchev–Trinajstić information content (AvgIpc) is 2.06. The van der Waals surface area contributed by atoms with Crippen molar-refractivity contribution in [1.29, 1.82) is 0 Å². The lowest BCUT2D eigenvalue weighted by atomic mass is 10.3. The van der Waals surface area contributed by atoms with Crippen molar-refractivity contribution in [1.82, 2.24) is 4.98 Å².